The van der Waals surface area contributed by atoms with E-state index in [0.717, 1.165) is 19.3 Å². The summed E-state index contributed by atoms with van der Waals surface area (Å²) < 4.78 is 0. The molecule has 0 saturated carbocycles. The van der Waals surface area contributed by atoms with Crippen LogP contribution in [0.2, 0.25) is 0 Å². The molecule has 2 unspecified atom stereocenters. The smallest absolute Gasteiger partial charge is 0.119 e. The highest BCUT2D eigenvalue weighted by atomic mass is 16.3. The number of rotatable bonds is 6. The molecule has 2 atom stereocenters. The van der Waals surface area contributed by atoms with Gasteiger partial charge in [0.05, 0.1) is 0 Å². The van der Waals surface area contributed by atoms with Gasteiger partial charge in [0, 0.05) is 6.04 Å². The van der Waals surface area contributed by atoms with E-state index in [1.165, 1.54) is 0 Å². The van der Waals surface area contributed by atoms with Crippen LogP contribution in [0, 0.1) is 0 Å². The molecule has 0 aliphatic rings. The van der Waals surface area contributed by atoms with Crippen molar-refractivity contribution in [1.29, 1.82) is 0 Å². The normalized spacial score (nSPS) is 16.4. The van der Waals surface area contributed by atoms with E-state index in [-0.39, 0.29) is 6.04 Å². The molecule has 0 aromatic heterocycles. The second kappa shape index (κ2) is 6.54. The lowest BCUT2D eigenvalue weighted by Crippen LogP contribution is -2.43. The summed E-state index contributed by atoms with van der Waals surface area (Å²) in [6, 6.07) is -0.174. The van der Waals surface area contributed by atoms with Gasteiger partial charge in [-0.15, -0.1) is 0 Å². The second-order valence-corrected chi connectivity index (χ2v) is 2.68. The van der Waals surface area contributed by atoms with Crippen LogP contribution in [0.4, 0.5) is 0 Å². The van der Waals surface area contributed by atoms with Crippen molar-refractivity contribution in [2.24, 2.45) is 11.5 Å². The van der Waals surface area contributed by atoms with Crippen molar-refractivity contribution in [1.82, 2.24) is 5.32 Å². The molecule has 0 radical (unpaired) electrons. The van der Waals surface area contributed by atoms with Crippen molar-refractivity contribution >= 4 is 0 Å². The van der Waals surface area contributed by atoms with Crippen LogP contribution in [-0.4, -0.2) is 31.0 Å². The SMILES string of the molecule is CNC(O)C(N)CCCCN. The first-order valence-electron chi connectivity index (χ1n) is 4.03. The molecule has 4 nitrogen and oxygen atoms in total. The summed E-state index contributed by atoms with van der Waals surface area (Å²) in [5.41, 5.74) is 10.9. The Morgan fingerprint density at radius 3 is 2.55 bits per heavy atom. The molecule has 0 aromatic rings. The van der Waals surface area contributed by atoms with Gasteiger partial charge in [0.1, 0.15) is 6.23 Å². The zero-order valence-electron chi connectivity index (χ0n) is 7.09. The Bertz CT molecular complexity index is 89.8. The van der Waals surface area contributed by atoms with Crippen LogP contribution in [0.15, 0.2) is 0 Å². The Labute approximate surface area is 68.0 Å². The van der Waals surface area contributed by atoms with E-state index in [1.807, 2.05) is 0 Å². The number of aliphatic hydroxyl groups is 1. The average molecular weight is 161 g/mol. The molecule has 0 fully saturated rings. The van der Waals surface area contributed by atoms with Crippen LogP contribution in [0.3, 0.4) is 0 Å². The van der Waals surface area contributed by atoms with Crippen molar-refractivity contribution in [3.63, 3.8) is 0 Å². The van der Waals surface area contributed by atoms with Gasteiger partial charge in [-0.2, -0.15) is 0 Å². The van der Waals surface area contributed by atoms with Gasteiger partial charge in [-0.3, -0.25) is 5.32 Å². The minimum Gasteiger partial charge on any atom is -0.377 e. The Hall–Kier alpha value is -0.160. The third-order valence-corrected chi connectivity index (χ3v) is 1.69. The molecule has 0 saturated heterocycles. The molecular formula is C7H19N3O. The number of hydrogen-bond acceptors (Lipinski definition) is 4. The Morgan fingerprint density at radius 1 is 1.45 bits per heavy atom. The fourth-order valence-electron chi connectivity index (χ4n) is 0.896. The van der Waals surface area contributed by atoms with Crippen LogP contribution in [-0.2, 0) is 0 Å². The van der Waals surface area contributed by atoms with Gasteiger partial charge in [-0.1, -0.05) is 6.42 Å². The maximum Gasteiger partial charge on any atom is 0.119 e. The Kier molecular flexibility index (Phi) is 6.45. The maximum absolute atomic E-state index is 9.16. The summed E-state index contributed by atoms with van der Waals surface area (Å²) in [5, 5.41) is 11.8. The fraction of sp³-hybridized carbons (Fsp3) is 1.00. The van der Waals surface area contributed by atoms with Gasteiger partial charge in [-0.05, 0) is 26.4 Å². The Morgan fingerprint density at radius 2 is 2.09 bits per heavy atom. The highest BCUT2D eigenvalue weighted by Crippen LogP contribution is 1.99. The molecule has 0 amide bonds. The third kappa shape index (κ3) is 5.15. The lowest BCUT2D eigenvalue weighted by molar-refractivity contribution is 0.113. The van der Waals surface area contributed by atoms with Crippen LogP contribution in [0.5, 0.6) is 0 Å². The van der Waals surface area contributed by atoms with Crippen molar-refractivity contribution < 1.29 is 5.11 Å². The number of likely N-dealkylation sites (N-methyl/N-ethyl adjacent to an activating group) is 1. The minimum absolute atomic E-state index is 0.174. The van der Waals surface area contributed by atoms with Crippen molar-refractivity contribution in [2.75, 3.05) is 13.6 Å². The van der Waals surface area contributed by atoms with Crippen LogP contribution in [0.25, 0.3) is 0 Å². The molecule has 11 heavy (non-hydrogen) atoms. The molecule has 4 heteroatoms. The van der Waals surface area contributed by atoms with E-state index in [2.05, 4.69) is 5.32 Å². The number of hydrogen-bond donors (Lipinski definition) is 4. The standard InChI is InChI=1S/C7H19N3O/c1-10-7(11)6(9)4-2-3-5-8/h6-7,10-11H,2-5,8-9H2,1H3. The molecular weight excluding hydrogens is 142 g/mol. The summed E-state index contributed by atoms with van der Waals surface area (Å²) in [7, 11) is 1.69. The van der Waals surface area contributed by atoms with E-state index in [9.17, 15) is 0 Å². The quantitative estimate of drug-likeness (QED) is 0.297. The molecule has 68 valence electrons. The van der Waals surface area contributed by atoms with Crippen LogP contribution >= 0.6 is 0 Å². The number of nitrogens with two attached hydrogens (primary N) is 2. The molecule has 0 rings (SSSR count). The summed E-state index contributed by atoms with van der Waals surface area (Å²) in [5.74, 6) is 0. The first-order valence-corrected chi connectivity index (χ1v) is 4.03. The first-order chi connectivity index (χ1) is 5.22. The molecule has 0 heterocycles. The van der Waals surface area contributed by atoms with Crippen molar-refractivity contribution in [3.8, 4) is 0 Å². The van der Waals surface area contributed by atoms with E-state index in [4.69, 9.17) is 16.6 Å². The van der Waals surface area contributed by atoms with Crippen LogP contribution in [0.1, 0.15) is 19.3 Å². The highest BCUT2D eigenvalue weighted by molar-refractivity contribution is 4.67. The third-order valence-electron chi connectivity index (χ3n) is 1.69. The second-order valence-electron chi connectivity index (χ2n) is 2.68. The largest absolute Gasteiger partial charge is 0.377 e. The average Bonchev–Trinajstić information content (AvgIpc) is 2.03. The summed E-state index contributed by atoms with van der Waals surface area (Å²) in [4.78, 5) is 0. The van der Waals surface area contributed by atoms with E-state index >= 15 is 0 Å². The van der Waals surface area contributed by atoms with Gasteiger partial charge in [0.2, 0.25) is 0 Å². The highest BCUT2D eigenvalue weighted by Gasteiger charge is 2.10. The van der Waals surface area contributed by atoms with Gasteiger partial charge in [0.15, 0.2) is 0 Å². The molecule has 6 N–H and O–H groups in total. The first kappa shape index (κ1) is 10.8. The van der Waals surface area contributed by atoms with E-state index in [1.54, 1.807) is 7.05 Å². The van der Waals surface area contributed by atoms with Crippen LogP contribution < -0.4 is 16.8 Å². The molecule has 0 bridgehead atoms. The summed E-state index contributed by atoms with van der Waals surface area (Å²) in [6.07, 6.45) is 2.19. The topological polar surface area (TPSA) is 84.3 Å². The van der Waals surface area contributed by atoms with Crippen molar-refractivity contribution in [3.05, 3.63) is 0 Å². The Balaban J connectivity index is 3.28. The summed E-state index contributed by atoms with van der Waals surface area (Å²) >= 11 is 0. The fourth-order valence-corrected chi connectivity index (χ4v) is 0.896. The van der Waals surface area contributed by atoms with E-state index < -0.39 is 6.23 Å². The number of unbranched alkanes of at least 4 members (excludes halogenated alkanes) is 1. The minimum atomic E-state index is -0.590. The molecule has 0 aliphatic heterocycles. The van der Waals surface area contributed by atoms with E-state index in [0.29, 0.717) is 6.54 Å². The zero-order valence-corrected chi connectivity index (χ0v) is 7.09. The van der Waals surface area contributed by atoms with Gasteiger partial charge < -0.3 is 16.6 Å². The van der Waals surface area contributed by atoms with Crippen molar-refractivity contribution in [2.45, 2.75) is 31.5 Å². The monoisotopic (exact) mass is 161 g/mol. The zero-order chi connectivity index (χ0) is 8.69. The maximum atomic E-state index is 9.16. The lowest BCUT2D eigenvalue weighted by atomic mass is 10.1. The summed E-state index contributed by atoms with van der Waals surface area (Å²) in [6.45, 7) is 0.697. The number of aliphatic hydroxyl groups excluding tert-OH is 1. The van der Waals surface area contributed by atoms with Gasteiger partial charge in [-0.25, -0.2) is 0 Å². The predicted molar refractivity (Wildman–Crippen MR) is 45.9 cm³/mol. The molecule has 0 aliphatic carbocycles. The molecule has 0 spiro atoms. The van der Waals surface area contributed by atoms with Gasteiger partial charge >= 0.3 is 0 Å². The van der Waals surface area contributed by atoms with Gasteiger partial charge in [0.25, 0.3) is 0 Å². The molecule has 0 aromatic carbocycles. The number of nitrogens with one attached hydrogen (secondary N) is 1. The lowest BCUT2D eigenvalue weighted by Gasteiger charge is -2.17. The predicted octanol–water partition coefficient (Wildman–Crippen LogP) is -1.02.